The zero-order valence-corrected chi connectivity index (χ0v) is 22.3. The minimum absolute atomic E-state index is 0.229. The van der Waals surface area contributed by atoms with Gasteiger partial charge in [0.05, 0.1) is 27.2 Å². The fourth-order valence-corrected chi connectivity index (χ4v) is 4.67. The highest BCUT2D eigenvalue weighted by Gasteiger charge is 2.12. The minimum atomic E-state index is -0.229. The van der Waals surface area contributed by atoms with Crippen LogP contribution in [0.15, 0.2) is 87.2 Å². The molecule has 5 aromatic rings. The number of benzene rings is 4. The van der Waals surface area contributed by atoms with Crippen LogP contribution in [0.2, 0.25) is 10.0 Å². The van der Waals surface area contributed by atoms with Gasteiger partial charge in [0.25, 0.3) is 5.56 Å². The summed E-state index contributed by atoms with van der Waals surface area (Å²) in [6, 6.07) is 22.7. The molecule has 0 atom stereocenters. The molecule has 0 fully saturated rings. The molecular formula is C28H20BrCl2N3O2. The molecule has 0 saturated heterocycles. The van der Waals surface area contributed by atoms with E-state index in [1.165, 1.54) is 4.68 Å². The fraction of sp³-hybridized carbons (Fsp3) is 0.107. The van der Waals surface area contributed by atoms with Crippen molar-refractivity contribution >= 4 is 67.0 Å². The first-order valence-corrected chi connectivity index (χ1v) is 12.8. The molecule has 5 nitrogen and oxygen atoms in total. The van der Waals surface area contributed by atoms with Crippen molar-refractivity contribution in [1.82, 2.24) is 9.66 Å². The molecule has 8 heteroatoms. The normalized spacial score (nSPS) is 11.6. The number of hydrogen-bond acceptors (Lipinski definition) is 4. The number of hydrogen-bond donors (Lipinski definition) is 0. The second kappa shape index (κ2) is 10.4. The summed E-state index contributed by atoms with van der Waals surface area (Å²) in [5.74, 6) is 1.20. The van der Waals surface area contributed by atoms with Gasteiger partial charge >= 0.3 is 0 Å². The lowest BCUT2D eigenvalue weighted by atomic mass is 10.0. The maximum absolute atomic E-state index is 13.3. The standard InChI is InChI=1S/C28H20BrCl2N3O2/c1-2-27-33-25-11-9-19(29)14-21(25)28(35)34(27)32-15-22-20-6-4-3-5-18(20)8-12-26(22)36-16-17-7-10-23(30)24(31)13-17/h3-15H,2,16H2,1H3. The Morgan fingerprint density at radius 1 is 1.00 bits per heavy atom. The zero-order valence-electron chi connectivity index (χ0n) is 19.2. The van der Waals surface area contributed by atoms with Crippen molar-refractivity contribution < 1.29 is 4.74 Å². The molecule has 0 N–H and O–H groups in total. The number of ether oxygens (including phenoxy) is 1. The Hall–Kier alpha value is -3.19. The van der Waals surface area contributed by atoms with Crippen molar-refractivity contribution in [3.63, 3.8) is 0 Å². The van der Waals surface area contributed by atoms with Crippen LogP contribution in [-0.4, -0.2) is 15.9 Å². The van der Waals surface area contributed by atoms with Crippen LogP contribution >= 0.6 is 39.1 Å². The number of aromatic nitrogens is 2. The van der Waals surface area contributed by atoms with E-state index in [4.69, 9.17) is 27.9 Å². The summed E-state index contributed by atoms with van der Waals surface area (Å²) in [6.07, 6.45) is 2.22. The second-order valence-corrected chi connectivity index (χ2v) is 9.87. The highest BCUT2D eigenvalue weighted by Crippen LogP contribution is 2.29. The predicted octanol–water partition coefficient (Wildman–Crippen LogP) is 7.64. The van der Waals surface area contributed by atoms with Gasteiger partial charge in [0.1, 0.15) is 18.2 Å². The first kappa shape index (κ1) is 24.5. The number of aryl methyl sites for hydroxylation is 1. The first-order valence-electron chi connectivity index (χ1n) is 11.3. The number of fused-ring (bicyclic) bond motifs is 2. The van der Waals surface area contributed by atoms with Gasteiger partial charge in [-0.25, -0.2) is 4.98 Å². The molecule has 1 aromatic heterocycles. The molecule has 0 amide bonds. The number of nitrogens with zero attached hydrogens (tertiary/aromatic N) is 3. The highest BCUT2D eigenvalue weighted by atomic mass is 79.9. The molecule has 0 bridgehead atoms. The molecule has 36 heavy (non-hydrogen) atoms. The van der Waals surface area contributed by atoms with Crippen LogP contribution in [0.1, 0.15) is 23.9 Å². The van der Waals surface area contributed by atoms with Gasteiger partial charge in [0.2, 0.25) is 0 Å². The lowest BCUT2D eigenvalue weighted by Gasteiger charge is -2.13. The van der Waals surface area contributed by atoms with Crippen LogP contribution in [0.3, 0.4) is 0 Å². The highest BCUT2D eigenvalue weighted by molar-refractivity contribution is 9.10. The monoisotopic (exact) mass is 579 g/mol. The Kier molecular flexibility index (Phi) is 7.10. The van der Waals surface area contributed by atoms with E-state index < -0.39 is 0 Å². The molecule has 4 aromatic carbocycles. The molecule has 0 spiro atoms. The van der Waals surface area contributed by atoms with Gasteiger partial charge in [-0.3, -0.25) is 4.79 Å². The van der Waals surface area contributed by atoms with Crippen molar-refractivity contribution in [3.05, 3.63) is 115 Å². The Morgan fingerprint density at radius 3 is 2.64 bits per heavy atom. The van der Waals surface area contributed by atoms with Crippen LogP contribution in [0, 0.1) is 0 Å². The molecular weight excluding hydrogens is 561 g/mol. The van der Waals surface area contributed by atoms with Crippen LogP contribution in [0.5, 0.6) is 5.75 Å². The summed E-state index contributed by atoms with van der Waals surface area (Å²) in [5, 5.41) is 8.05. The summed E-state index contributed by atoms with van der Waals surface area (Å²) >= 11 is 15.6. The average molecular weight is 581 g/mol. The van der Waals surface area contributed by atoms with Gasteiger partial charge in [-0.15, -0.1) is 0 Å². The van der Waals surface area contributed by atoms with E-state index in [2.05, 4.69) is 26.0 Å². The largest absolute Gasteiger partial charge is 0.488 e. The number of rotatable bonds is 6. The molecule has 0 aliphatic heterocycles. The Bertz CT molecular complexity index is 1700. The summed E-state index contributed by atoms with van der Waals surface area (Å²) in [5.41, 5.74) is 2.06. The van der Waals surface area contributed by atoms with Gasteiger partial charge in [-0.2, -0.15) is 9.78 Å². The first-order chi connectivity index (χ1) is 17.4. The van der Waals surface area contributed by atoms with Crippen molar-refractivity contribution in [2.75, 3.05) is 0 Å². The molecule has 0 aliphatic carbocycles. The van der Waals surface area contributed by atoms with Crippen LogP contribution in [0.4, 0.5) is 0 Å². The molecule has 1 heterocycles. The van der Waals surface area contributed by atoms with E-state index in [0.29, 0.717) is 45.5 Å². The third-order valence-electron chi connectivity index (χ3n) is 5.80. The molecule has 0 aliphatic rings. The van der Waals surface area contributed by atoms with Crippen molar-refractivity contribution in [2.24, 2.45) is 5.10 Å². The third kappa shape index (κ3) is 4.89. The predicted molar refractivity (Wildman–Crippen MR) is 151 cm³/mol. The minimum Gasteiger partial charge on any atom is -0.488 e. The molecule has 5 rings (SSSR count). The SMILES string of the molecule is CCc1nc2ccc(Br)cc2c(=O)n1N=Cc1c(OCc2ccc(Cl)c(Cl)c2)ccc2ccccc12. The summed E-state index contributed by atoms with van der Waals surface area (Å²) in [7, 11) is 0. The summed E-state index contributed by atoms with van der Waals surface area (Å²) < 4.78 is 8.35. The molecule has 0 unspecified atom stereocenters. The van der Waals surface area contributed by atoms with Crippen LogP contribution in [-0.2, 0) is 13.0 Å². The van der Waals surface area contributed by atoms with Crippen molar-refractivity contribution in [3.8, 4) is 5.75 Å². The molecule has 0 radical (unpaired) electrons. The fourth-order valence-electron chi connectivity index (χ4n) is 3.98. The topological polar surface area (TPSA) is 56.5 Å². The quantitative estimate of drug-likeness (QED) is 0.194. The van der Waals surface area contributed by atoms with E-state index in [-0.39, 0.29) is 5.56 Å². The van der Waals surface area contributed by atoms with Gasteiger partial charge < -0.3 is 4.74 Å². The van der Waals surface area contributed by atoms with Gasteiger partial charge in [0.15, 0.2) is 0 Å². The molecule has 180 valence electrons. The van der Waals surface area contributed by atoms with Crippen LogP contribution in [0.25, 0.3) is 21.7 Å². The maximum Gasteiger partial charge on any atom is 0.282 e. The lowest BCUT2D eigenvalue weighted by molar-refractivity contribution is 0.306. The van der Waals surface area contributed by atoms with Crippen LogP contribution < -0.4 is 10.3 Å². The Labute approximate surface area is 226 Å². The van der Waals surface area contributed by atoms with E-state index in [1.807, 2.05) is 61.5 Å². The Balaban J connectivity index is 1.59. The molecule has 0 saturated carbocycles. The van der Waals surface area contributed by atoms with Crippen molar-refractivity contribution in [1.29, 1.82) is 0 Å². The Morgan fingerprint density at radius 2 is 1.83 bits per heavy atom. The van der Waals surface area contributed by atoms with Gasteiger partial charge in [0, 0.05) is 16.5 Å². The maximum atomic E-state index is 13.3. The van der Waals surface area contributed by atoms with E-state index >= 15 is 0 Å². The smallest absolute Gasteiger partial charge is 0.282 e. The van der Waals surface area contributed by atoms with E-state index in [0.717, 1.165) is 26.4 Å². The van der Waals surface area contributed by atoms with Gasteiger partial charge in [-0.1, -0.05) is 82.5 Å². The van der Waals surface area contributed by atoms with E-state index in [1.54, 1.807) is 24.4 Å². The second-order valence-electron chi connectivity index (χ2n) is 8.14. The van der Waals surface area contributed by atoms with Crippen molar-refractivity contribution in [2.45, 2.75) is 20.0 Å². The number of halogens is 3. The summed E-state index contributed by atoms with van der Waals surface area (Å²) in [4.78, 5) is 18.0. The van der Waals surface area contributed by atoms with Gasteiger partial charge in [-0.05, 0) is 52.7 Å². The van der Waals surface area contributed by atoms with E-state index in [9.17, 15) is 4.79 Å². The lowest BCUT2D eigenvalue weighted by Crippen LogP contribution is -2.22. The third-order valence-corrected chi connectivity index (χ3v) is 7.04. The zero-order chi connectivity index (χ0) is 25.2. The average Bonchev–Trinajstić information content (AvgIpc) is 2.89. The summed E-state index contributed by atoms with van der Waals surface area (Å²) in [6.45, 7) is 2.24.